The van der Waals surface area contributed by atoms with Gasteiger partial charge < -0.3 is 9.47 Å². The van der Waals surface area contributed by atoms with E-state index in [1.54, 1.807) is 0 Å². The molecule has 0 aromatic heterocycles. The second-order valence-electron chi connectivity index (χ2n) is 2.63. The fourth-order valence-corrected chi connectivity index (χ4v) is 0.868. The first kappa shape index (κ1) is 11.6. The van der Waals surface area contributed by atoms with Crippen LogP contribution in [0.5, 0.6) is 5.75 Å². The molecule has 0 radical (unpaired) electrons. The maximum absolute atomic E-state index is 10.9. The lowest BCUT2D eigenvalue weighted by molar-refractivity contribution is -0.384. The van der Waals surface area contributed by atoms with E-state index in [1.165, 1.54) is 12.1 Å². The molecule has 0 N–H and O–H groups in total. The molecule has 0 spiro atoms. The van der Waals surface area contributed by atoms with Crippen LogP contribution in [-0.2, 0) is 14.3 Å². The van der Waals surface area contributed by atoms with Gasteiger partial charge in [-0.1, -0.05) is 0 Å². The van der Waals surface area contributed by atoms with Crippen molar-refractivity contribution in [2.45, 2.75) is 0 Å². The molecule has 0 heterocycles. The van der Waals surface area contributed by atoms with Crippen molar-refractivity contribution in [1.29, 1.82) is 0 Å². The van der Waals surface area contributed by atoms with Gasteiger partial charge >= 0.3 is 11.9 Å². The highest BCUT2D eigenvalue weighted by Crippen LogP contribution is 2.17. The molecule has 1 aromatic rings. The summed E-state index contributed by atoms with van der Waals surface area (Å²) in [7, 11) is 1.04. The summed E-state index contributed by atoms with van der Waals surface area (Å²) >= 11 is 0. The van der Waals surface area contributed by atoms with Crippen LogP contribution in [0.15, 0.2) is 24.3 Å². The molecule has 0 saturated heterocycles. The van der Waals surface area contributed by atoms with Gasteiger partial charge in [0.1, 0.15) is 5.75 Å². The maximum atomic E-state index is 10.9. The number of benzene rings is 1. The summed E-state index contributed by atoms with van der Waals surface area (Å²) in [5.41, 5.74) is -0.141. The molecule has 7 nitrogen and oxygen atoms in total. The number of nitro benzene ring substituents is 1. The quantitative estimate of drug-likeness (QED) is 0.241. The van der Waals surface area contributed by atoms with Crippen LogP contribution in [0.25, 0.3) is 0 Å². The normalized spacial score (nSPS) is 9.31. The minimum absolute atomic E-state index is 0.0287. The molecule has 0 aliphatic carbocycles. The molecule has 0 fully saturated rings. The first-order valence-electron chi connectivity index (χ1n) is 4.09. The number of hydrogen-bond acceptors (Lipinski definition) is 6. The van der Waals surface area contributed by atoms with Gasteiger partial charge in [0.2, 0.25) is 0 Å². The average molecular weight is 225 g/mol. The van der Waals surface area contributed by atoms with Crippen LogP contribution in [0.3, 0.4) is 0 Å². The highest BCUT2D eigenvalue weighted by molar-refractivity contribution is 6.30. The highest BCUT2D eigenvalue weighted by atomic mass is 16.6. The van der Waals surface area contributed by atoms with Crippen LogP contribution in [-0.4, -0.2) is 24.0 Å². The van der Waals surface area contributed by atoms with Crippen LogP contribution in [0.1, 0.15) is 0 Å². The first-order valence-corrected chi connectivity index (χ1v) is 4.09. The zero-order valence-corrected chi connectivity index (χ0v) is 8.21. The van der Waals surface area contributed by atoms with Crippen molar-refractivity contribution in [3.63, 3.8) is 0 Å². The second kappa shape index (κ2) is 4.87. The van der Waals surface area contributed by atoms with E-state index >= 15 is 0 Å². The lowest BCUT2D eigenvalue weighted by Crippen LogP contribution is -2.21. The number of esters is 2. The number of carbonyl (C=O) groups excluding carboxylic acids is 2. The number of nitro groups is 1. The molecule has 0 amide bonds. The van der Waals surface area contributed by atoms with Gasteiger partial charge in [0, 0.05) is 12.1 Å². The van der Waals surface area contributed by atoms with Crippen molar-refractivity contribution in [2.24, 2.45) is 0 Å². The summed E-state index contributed by atoms with van der Waals surface area (Å²) < 4.78 is 8.69. The standard InChI is InChI=1S/C9H7NO6/c1-15-8(11)9(12)16-7-4-2-6(3-5-7)10(13)14/h2-5H,1H3. The maximum Gasteiger partial charge on any atom is 0.422 e. The first-order chi connectivity index (χ1) is 7.54. The summed E-state index contributed by atoms with van der Waals surface area (Å²) in [6, 6.07) is 4.72. The number of hydrogen-bond donors (Lipinski definition) is 0. The molecule has 1 aromatic carbocycles. The topological polar surface area (TPSA) is 95.7 Å². The van der Waals surface area contributed by atoms with Gasteiger partial charge in [-0.05, 0) is 12.1 Å². The van der Waals surface area contributed by atoms with Gasteiger partial charge in [0.15, 0.2) is 0 Å². The van der Waals surface area contributed by atoms with Crippen molar-refractivity contribution in [2.75, 3.05) is 7.11 Å². The molecular formula is C9H7NO6. The van der Waals surface area contributed by atoms with Gasteiger partial charge in [-0.15, -0.1) is 0 Å². The Bertz CT molecular complexity index is 424. The van der Waals surface area contributed by atoms with E-state index in [0.717, 1.165) is 19.2 Å². The molecule has 16 heavy (non-hydrogen) atoms. The van der Waals surface area contributed by atoms with Crippen molar-refractivity contribution in [3.05, 3.63) is 34.4 Å². The van der Waals surface area contributed by atoms with Crippen molar-refractivity contribution in [3.8, 4) is 5.75 Å². The summed E-state index contributed by atoms with van der Waals surface area (Å²) in [6.45, 7) is 0. The van der Waals surface area contributed by atoms with Gasteiger partial charge in [0.25, 0.3) is 5.69 Å². The van der Waals surface area contributed by atoms with Crippen LogP contribution < -0.4 is 4.74 Å². The number of rotatable bonds is 2. The summed E-state index contributed by atoms with van der Waals surface area (Å²) in [5.74, 6) is -2.30. The Labute approximate surface area is 89.7 Å². The monoisotopic (exact) mass is 225 g/mol. The number of nitrogens with zero attached hydrogens (tertiary/aromatic N) is 1. The predicted molar refractivity (Wildman–Crippen MR) is 50.7 cm³/mol. The van der Waals surface area contributed by atoms with Crippen molar-refractivity contribution in [1.82, 2.24) is 0 Å². The molecule has 0 aliphatic rings. The Balaban J connectivity index is 2.72. The fraction of sp³-hybridized carbons (Fsp3) is 0.111. The zero-order chi connectivity index (χ0) is 12.1. The lowest BCUT2D eigenvalue weighted by Gasteiger charge is -2.01. The summed E-state index contributed by atoms with van der Waals surface area (Å²) in [4.78, 5) is 31.3. The lowest BCUT2D eigenvalue weighted by atomic mass is 10.3. The zero-order valence-electron chi connectivity index (χ0n) is 8.21. The van der Waals surface area contributed by atoms with E-state index in [4.69, 9.17) is 0 Å². The average Bonchev–Trinajstić information content (AvgIpc) is 2.28. The van der Waals surface area contributed by atoms with Crippen molar-refractivity contribution >= 4 is 17.6 Å². The van der Waals surface area contributed by atoms with E-state index in [2.05, 4.69) is 9.47 Å². The van der Waals surface area contributed by atoms with E-state index in [9.17, 15) is 19.7 Å². The number of methoxy groups -OCH3 is 1. The number of ether oxygens (including phenoxy) is 2. The smallest absolute Gasteiger partial charge is 0.422 e. The fourth-order valence-electron chi connectivity index (χ4n) is 0.868. The molecule has 0 unspecified atom stereocenters. The predicted octanol–water partition coefficient (Wildman–Crippen LogP) is 0.673. The Morgan fingerprint density at radius 2 is 1.75 bits per heavy atom. The molecule has 0 atom stereocenters. The minimum atomic E-state index is -1.18. The van der Waals surface area contributed by atoms with Gasteiger partial charge in [-0.25, -0.2) is 9.59 Å². The van der Waals surface area contributed by atoms with Crippen molar-refractivity contribution < 1.29 is 24.0 Å². The van der Waals surface area contributed by atoms with E-state index in [0.29, 0.717) is 0 Å². The van der Waals surface area contributed by atoms with Gasteiger partial charge in [-0.2, -0.15) is 0 Å². The summed E-state index contributed by atoms with van der Waals surface area (Å²) in [6.07, 6.45) is 0. The third kappa shape index (κ3) is 2.77. The van der Waals surface area contributed by atoms with Crippen LogP contribution in [0, 0.1) is 10.1 Å². The Hall–Kier alpha value is -2.44. The third-order valence-corrected chi connectivity index (χ3v) is 1.61. The molecule has 0 saturated carbocycles. The van der Waals surface area contributed by atoms with Gasteiger partial charge in [0.05, 0.1) is 12.0 Å². The highest BCUT2D eigenvalue weighted by Gasteiger charge is 2.16. The number of carbonyl (C=O) groups is 2. The molecule has 1 rings (SSSR count). The second-order valence-corrected chi connectivity index (χ2v) is 2.63. The van der Waals surface area contributed by atoms with Gasteiger partial charge in [-0.3, -0.25) is 10.1 Å². The number of non-ortho nitro benzene ring substituents is 1. The van der Waals surface area contributed by atoms with Crippen LogP contribution in [0.4, 0.5) is 5.69 Å². The van der Waals surface area contributed by atoms with Crippen LogP contribution >= 0.6 is 0 Å². The minimum Gasteiger partial charge on any atom is -0.461 e. The molecule has 7 heteroatoms. The Kier molecular flexibility index (Phi) is 3.54. The summed E-state index contributed by atoms with van der Waals surface area (Å²) in [5, 5.41) is 10.3. The Morgan fingerprint density at radius 1 is 1.19 bits per heavy atom. The Morgan fingerprint density at radius 3 is 2.19 bits per heavy atom. The molecule has 0 aliphatic heterocycles. The third-order valence-electron chi connectivity index (χ3n) is 1.61. The van der Waals surface area contributed by atoms with E-state index in [-0.39, 0.29) is 11.4 Å². The van der Waals surface area contributed by atoms with E-state index in [1.807, 2.05) is 0 Å². The van der Waals surface area contributed by atoms with E-state index < -0.39 is 16.9 Å². The SMILES string of the molecule is COC(=O)C(=O)Oc1ccc([N+](=O)[O-])cc1. The van der Waals surface area contributed by atoms with Crippen LogP contribution in [0.2, 0.25) is 0 Å². The molecule has 84 valence electrons. The molecular weight excluding hydrogens is 218 g/mol. The molecule has 0 bridgehead atoms. The largest absolute Gasteiger partial charge is 0.461 e.